The van der Waals surface area contributed by atoms with Crippen LogP contribution in [0.5, 0.6) is 5.75 Å². The number of methoxy groups -OCH3 is 1. The Labute approximate surface area is 121 Å². The maximum absolute atomic E-state index is 5.24. The summed E-state index contributed by atoms with van der Waals surface area (Å²) in [5, 5.41) is 5.91. The lowest BCUT2D eigenvalue weighted by Crippen LogP contribution is -2.14. The van der Waals surface area contributed by atoms with Crippen molar-refractivity contribution in [3.8, 4) is 18.1 Å². The van der Waals surface area contributed by atoms with Crippen molar-refractivity contribution in [3.05, 3.63) is 42.0 Å². The zero-order valence-corrected chi connectivity index (χ0v) is 12.0. The third kappa shape index (κ3) is 4.01. The first-order valence-electron chi connectivity index (χ1n) is 7.04. The van der Waals surface area contributed by atoms with Crippen molar-refractivity contribution in [1.29, 1.82) is 0 Å². The van der Waals surface area contributed by atoms with Gasteiger partial charge in [0.25, 0.3) is 0 Å². The van der Waals surface area contributed by atoms with Crippen LogP contribution in [0.1, 0.15) is 24.8 Å². The number of ether oxygens (including phenoxy) is 1. The van der Waals surface area contributed by atoms with Gasteiger partial charge in [0, 0.05) is 13.0 Å². The van der Waals surface area contributed by atoms with Gasteiger partial charge in [-0.3, -0.25) is 0 Å². The maximum Gasteiger partial charge on any atom is 0.119 e. The molecule has 0 unspecified atom stereocenters. The van der Waals surface area contributed by atoms with Gasteiger partial charge in [-0.25, -0.2) is 0 Å². The van der Waals surface area contributed by atoms with Gasteiger partial charge >= 0.3 is 0 Å². The number of hydrogen-bond donors (Lipinski definition) is 1. The summed E-state index contributed by atoms with van der Waals surface area (Å²) in [6.07, 6.45) is 8.34. The van der Waals surface area contributed by atoms with E-state index in [1.165, 1.54) is 16.3 Å². The molecule has 0 amide bonds. The number of fused-ring (bicyclic) bond motifs is 1. The van der Waals surface area contributed by atoms with Gasteiger partial charge in [-0.2, -0.15) is 0 Å². The molecule has 0 saturated carbocycles. The molecular formula is C18H21NO. The van der Waals surface area contributed by atoms with Crippen molar-refractivity contribution < 1.29 is 4.74 Å². The molecule has 20 heavy (non-hydrogen) atoms. The highest BCUT2D eigenvalue weighted by Crippen LogP contribution is 2.21. The van der Waals surface area contributed by atoms with E-state index < -0.39 is 0 Å². The lowest BCUT2D eigenvalue weighted by molar-refractivity contribution is 0.415. The minimum absolute atomic E-state index is 0.874. The zero-order chi connectivity index (χ0) is 14.2. The predicted octanol–water partition coefficient (Wildman–Crippen LogP) is 3.74. The van der Waals surface area contributed by atoms with E-state index >= 15 is 0 Å². The number of terminal acetylenes is 1. The summed E-state index contributed by atoms with van der Waals surface area (Å²) in [4.78, 5) is 0. The topological polar surface area (TPSA) is 21.3 Å². The first-order chi connectivity index (χ1) is 9.83. The molecule has 0 aliphatic rings. The van der Waals surface area contributed by atoms with E-state index in [2.05, 4.69) is 41.6 Å². The second kappa shape index (κ2) is 7.57. The minimum Gasteiger partial charge on any atom is -0.497 e. The summed E-state index contributed by atoms with van der Waals surface area (Å²) in [5.74, 6) is 3.57. The molecule has 2 aromatic rings. The molecule has 0 aliphatic heterocycles. The molecule has 1 N–H and O–H groups in total. The minimum atomic E-state index is 0.874. The molecular weight excluding hydrogens is 246 g/mol. The van der Waals surface area contributed by atoms with Gasteiger partial charge in [0.05, 0.1) is 7.11 Å². The molecule has 0 aromatic heterocycles. The standard InChI is InChI=1S/C18H21NO/c1-3-4-5-6-11-19-14-15-7-8-17-13-18(20-2)10-9-16(17)12-15/h1,7-10,12-13,19H,4-6,11,14H2,2H3. The van der Waals surface area contributed by atoms with Crippen LogP contribution in [0.15, 0.2) is 36.4 Å². The Bertz CT molecular complexity index is 598. The summed E-state index contributed by atoms with van der Waals surface area (Å²) in [6, 6.07) is 12.7. The Morgan fingerprint density at radius 1 is 1.10 bits per heavy atom. The van der Waals surface area contributed by atoms with Crippen LogP contribution in [0.2, 0.25) is 0 Å². The van der Waals surface area contributed by atoms with E-state index in [9.17, 15) is 0 Å². The monoisotopic (exact) mass is 267 g/mol. The van der Waals surface area contributed by atoms with Crippen LogP contribution in [0.4, 0.5) is 0 Å². The average Bonchev–Trinajstić information content (AvgIpc) is 2.50. The van der Waals surface area contributed by atoms with Gasteiger partial charge in [-0.05, 0) is 53.9 Å². The molecule has 0 aliphatic carbocycles. The van der Waals surface area contributed by atoms with Crippen LogP contribution in [-0.4, -0.2) is 13.7 Å². The second-order valence-electron chi connectivity index (χ2n) is 4.89. The van der Waals surface area contributed by atoms with Gasteiger partial charge in [0.15, 0.2) is 0 Å². The van der Waals surface area contributed by atoms with Gasteiger partial charge in [0.1, 0.15) is 5.75 Å². The first kappa shape index (κ1) is 14.4. The molecule has 2 nitrogen and oxygen atoms in total. The number of unbranched alkanes of at least 4 members (excludes halogenated alkanes) is 2. The molecule has 104 valence electrons. The first-order valence-corrected chi connectivity index (χ1v) is 7.04. The largest absolute Gasteiger partial charge is 0.497 e. The van der Waals surface area contributed by atoms with Gasteiger partial charge < -0.3 is 10.1 Å². The lowest BCUT2D eigenvalue weighted by Gasteiger charge is -2.07. The maximum atomic E-state index is 5.24. The Morgan fingerprint density at radius 3 is 2.70 bits per heavy atom. The average molecular weight is 267 g/mol. The third-order valence-corrected chi connectivity index (χ3v) is 3.37. The third-order valence-electron chi connectivity index (χ3n) is 3.37. The Hall–Kier alpha value is -1.98. The van der Waals surface area contributed by atoms with Crippen LogP contribution < -0.4 is 10.1 Å². The smallest absolute Gasteiger partial charge is 0.119 e. The van der Waals surface area contributed by atoms with Crippen LogP contribution in [-0.2, 0) is 6.54 Å². The fraction of sp³-hybridized carbons (Fsp3) is 0.333. The van der Waals surface area contributed by atoms with E-state index in [1.54, 1.807) is 7.11 Å². The Morgan fingerprint density at radius 2 is 1.90 bits per heavy atom. The number of rotatable bonds is 7. The lowest BCUT2D eigenvalue weighted by atomic mass is 10.1. The molecule has 2 aromatic carbocycles. The summed E-state index contributed by atoms with van der Waals surface area (Å²) >= 11 is 0. The van der Waals surface area contributed by atoms with Crippen LogP contribution in [0.3, 0.4) is 0 Å². The normalized spacial score (nSPS) is 10.4. The van der Waals surface area contributed by atoms with Gasteiger partial charge in [-0.1, -0.05) is 18.2 Å². The van der Waals surface area contributed by atoms with Crippen molar-refractivity contribution in [2.24, 2.45) is 0 Å². The fourth-order valence-electron chi connectivity index (χ4n) is 2.22. The highest BCUT2D eigenvalue weighted by Gasteiger charge is 1.99. The molecule has 0 heterocycles. The molecule has 2 rings (SSSR count). The molecule has 0 spiro atoms. The molecule has 0 saturated heterocycles. The summed E-state index contributed by atoms with van der Waals surface area (Å²) in [6.45, 7) is 1.92. The number of hydrogen-bond acceptors (Lipinski definition) is 2. The Kier molecular flexibility index (Phi) is 5.46. The van der Waals surface area contributed by atoms with Crippen molar-refractivity contribution in [3.63, 3.8) is 0 Å². The van der Waals surface area contributed by atoms with Crippen LogP contribution >= 0.6 is 0 Å². The highest BCUT2D eigenvalue weighted by molar-refractivity contribution is 5.84. The molecule has 2 heteroatoms. The molecule has 0 radical (unpaired) electrons. The van der Waals surface area contributed by atoms with E-state index in [0.29, 0.717) is 0 Å². The Balaban J connectivity index is 1.90. The molecule has 0 fully saturated rings. The molecule has 0 bridgehead atoms. The summed E-state index contributed by atoms with van der Waals surface area (Å²) in [5.41, 5.74) is 1.31. The number of nitrogens with one attached hydrogen (secondary N) is 1. The van der Waals surface area contributed by atoms with Crippen molar-refractivity contribution >= 4 is 10.8 Å². The SMILES string of the molecule is C#CCCCCNCc1ccc2cc(OC)ccc2c1. The highest BCUT2D eigenvalue weighted by atomic mass is 16.5. The van der Waals surface area contributed by atoms with Crippen LogP contribution in [0.25, 0.3) is 10.8 Å². The number of benzene rings is 2. The van der Waals surface area contributed by atoms with Gasteiger partial charge in [0.2, 0.25) is 0 Å². The van der Waals surface area contributed by atoms with E-state index in [4.69, 9.17) is 11.2 Å². The summed E-state index contributed by atoms with van der Waals surface area (Å²) in [7, 11) is 1.69. The van der Waals surface area contributed by atoms with Crippen molar-refractivity contribution in [1.82, 2.24) is 5.32 Å². The summed E-state index contributed by atoms with van der Waals surface area (Å²) < 4.78 is 5.24. The second-order valence-corrected chi connectivity index (χ2v) is 4.89. The van der Waals surface area contributed by atoms with E-state index in [0.717, 1.165) is 38.1 Å². The van der Waals surface area contributed by atoms with Gasteiger partial charge in [-0.15, -0.1) is 12.3 Å². The van der Waals surface area contributed by atoms with E-state index in [1.807, 2.05) is 6.07 Å². The van der Waals surface area contributed by atoms with E-state index in [-0.39, 0.29) is 0 Å². The van der Waals surface area contributed by atoms with Crippen LogP contribution in [0, 0.1) is 12.3 Å². The fourth-order valence-corrected chi connectivity index (χ4v) is 2.22. The zero-order valence-electron chi connectivity index (χ0n) is 12.0. The predicted molar refractivity (Wildman–Crippen MR) is 84.9 cm³/mol. The van der Waals surface area contributed by atoms with Crippen molar-refractivity contribution in [2.75, 3.05) is 13.7 Å². The quantitative estimate of drug-likeness (QED) is 0.609. The molecule has 0 atom stereocenters. The van der Waals surface area contributed by atoms with Crippen molar-refractivity contribution in [2.45, 2.75) is 25.8 Å².